The number of hydrogen-bond donors (Lipinski definition) is 2. The minimum Gasteiger partial charge on any atom is -0.274 e. The van der Waals surface area contributed by atoms with Crippen molar-refractivity contribution in [1.82, 2.24) is 4.72 Å². The van der Waals surface area contributed by atoms with Crippen molar-refractivity contribution < 1.29 is 21.6 Å². The Morgan fingerprint density at radius 2 is 1.90 bits per heavy atom. The van der Waals surface area contributed by atoms with E-state index in [1.54, 1.807) is 12.1 Å². The first-order chi connectivity index (χ1) is 14.3. The number of carbonyl (C=O) groups excluding carboxylic acids is 1. The van der Waals surface area contributed by atoms with Crippen LogP contribution in [0.15, 0.2) is 35.7 Å². The van der Waals surface area contributed by atoms with Gasteiger partial charge in [-0.3, -0.25) is 4.79 Å². The molecule has 3 aliphatic rings. The summed E-state index contributed by atoms with van der Waals surface area (Å²) in [6.07, 6.45) is 6.41. The summed E-state index contributed by atoms with van der Waals surface area (Å²) in [4.78, 5) is 11.4. The predicted molar refractivity (Wildman–Crippen MR) is 118 cm³/mol. The van der Waals surface area contributed by atoms with E-state index in [1.807, 2.05) is 16.9 Å². The highest BCUT2D eigenvalue weighted by molar-refractivity contribution is 7.90. The lowest BCUT2D eigenvalue weighted by Gasteiger charge is -2.57. The van der Waals surface area contributed by atoms with Crippen molar-refractivity contribution in [3.8, 4) is 0 Å². The largest absolute Gasteiger partial charge is 0.274 e. The topological polar surface area (TPSA) is 123 Å². The standard InChI is InChI=1S/C22H30N2O5S2/c1-4-22-12-9-15-13-16(31(28,29)24-14(2)25)5-6-17(15)18(22)10-11-21(3)19(22)7-8-20(21)30(23,26)27/h4-6,13,18-20H,1,7-12H2,2-3H3,(H,24,25)(H2,23,26,27)/t18?,19?,20-,21-,22+/m0/s1. The molecule has 4 rings (SSSR count). The van der Waals surface area contributed by atoms with E-state index in [2.05, 4.69) is 13.5 Å². The molecule has 0 aliphatic heterocycles. The molecule has 3 aliphatic carbocycles. The molecule has 0 aromatic heterocycles. The minimum absolute atomic E-state index is 0.0864. The molecule has 2 unspecified atom stereocenters. The van der Waals surface area contributed by atoms with Crippen molar-refractivity contribution >= 4 is 26.0 Å². The van der Waals surface area contributed by atoms with Crippen molar-refractivity contribution in [3.63, 3.8) is 0 Å². The molecule has 1 aromatic carbocycles. The number of amides is 1. The second-order valence-electron chi connectivity index (χ2n) is 9.64. The van der Waals surface area contributed by atoms with Gasteiger partial charge in [-0.25, -0.2) is 26.7 Å². The van der Waals surface area contributed by atoms with E-state index < -0.39 is 31.2 Å². The van der Waals surface area contributed by atoms with E-state index in [0.29, 0.717) is 12.8 Å². The minimum atomic E-state index is -3.89. The van der Waals surface area contributed by atoms with Crippen LogP contribution in [-0.2, 0) is 31.3 Å². The molecule has 0 spiro atoms. The summed E-state index contributed by atoms with van der Waals surface area (Å²) in [6, 6.07) is 5.09. The first-order valence-corrected chi connectivity index (χ1v) is 13.8. The van der Waals surface area contributed by atoms with Gasteiger partial charge in [0, 0.05) is 6.92 Å². The highest BCUT2D eigenvalue weighted by Crippen LogP contribution is 2.68. The van der Waals surface area contributed by atoms with E-state index in [1.165, 1.54) is 6.92 Å². The molecule has 9 heteroatoms. The third-order valence-electron chi connectivity index (χ3n) is 8.20. The third-order valence-corrected chi connectivity index (χ3v) is 11.2. The molecule has 0 saturated heterocycles. The van der Waals surface area contributed by atoms with Crippen molar-refractivity contribution in [2.75, 3.05) is 0 Å². The van der Waals surface area contributed by atoms with Gasteiger partial charge in [0.15, 0.2) is 0 Å². The maximum Gasteiger partial charge on any atom is 0.264 e. The van der Waals surface area contributed by atoms with Crippen LogP contribution in [0.2, 0.25) is 0 Å². The van der Waals surface area contributed by atoms with Gasteiger partial charge in [-0.1, -0.05) is 19.1 Å². The Kier molecular flexibility index (Phi) is 5.18. The zero-order valence-corrected chi connectivity index (χ0v) is 19.6. The van der Waals surface area contributed by atoms with Gasteiger partial charge in [0.05, 0.1) is 10.1 Å². The Hall–Kier alpha value is -1.71. The third kappa shape index (κ3) is 3.36. The number of nitrogens with two attached hydrogens (primary N) is 1. The SMILES string of the molecule is C=C[C@@]12CCc3cc(S(=O)(=O)NC(C)=O)ccc3C1CC[C@@]1(C)C2CC[C@@H]1S(N)(=O)=O. The van der Waals surface area contributed by atoms with Gasteiger partial charge in [-0.05, 0) is 84.5 Å². The average Bonchev–Trinajstić information content (AvgIpc) is 3.04. The lowest BCUT2D eigenvalue weighted by Crippen LogP contribution is -2.52. The second kappa shape index (κ2) is 7.15. The van der Waals surface area contributed by atoms with Gasteiger partial charge in [0.1, 0.15) is 0 Å². The van der Waals surface area contributed by atoms with Crippen molar-refractivity contribution in [3.05, 3.63) is 42.0 Å². The Labute approximate surface area is 184 Å². The normalized spacial score (nSPS) is 34.9. The average molecular weight is 467 g/mol. The molecule has 0 radical (unpaired) electrons. The number of fused-ring (bicyclic) bond motifs is 5. The van der Waals surface area contributed by atoms with Crippen LogP contribution in [0.4, 0.5) is 0 Å². The van der Waals surface area contributed by atoms with Crippen molar-refractivity contribution in [2.24, 2.45) is 21.9 Å². The van der Waals surface area contributed by atoms with E-state index in [-0.39, 0.29) is 27.6 Å². The Balaban J connectivity index is 1.75. The summed E-state index contributed by atoms with van der Waals surface area (Å²) in [6.45, 7) is 7.42. The molecular weight excluding hydrogens is 436 g/mol. The van der Waals surface area contributed by atoms with Crippen LogP contribution in [0.25, 0.3) is 0 Å². The summed E-state index contributed by atoms with van der Waals surface area (Å²) in [5.41, 5.74) is 1.45. The summed E-state index contributed by atoms with van der Waals surface area (Å²) in [5.74, 6) is -0.306. The molecule has 31 heavy (non-hydrogen) atoms. The van der Waals surface area contributed by atoms with Gasteiger partial charge in [-0.15, -0.1) is 6.58 Å². The van der Waals surface area contributed by atoms with E-state index in [9.17, 15) is 21.6 Å². The van der Waals surface area contributed by atoms with Crippen LogP contribution in [0.3, 0.4) is 0 Å². The summed E-state index contributed by atoms with van der Waals surface area (Å²) in [7, 11) is -7.52. The number of nitrogens with one attached hydrogen (secondary N) is 1. The summed E-state index contributed by atoms with van der Waals surface area (Å²) >= 11 is 0. The fraction of sp³-hybridized carbons (Fsp3) is 0.591. The molecule has 2 fully saturated rings. The number of primary sulfonamides is 1. The smallest absolute Gasteiger partial charge is 0.264 e. The predicted octanol–water partition coefficient (Wildman–Crippen LogP) is 2.58. The monoisotopic (exact) mass is 466 g/mol. The number of aryl methyl sites for hydroxylation is 1. The highest BCUT2D eigenvalue weighted by Gasteiger charge is 2.63. The maximum absolute atomic E-state index is 12.4. The van der Waals surface area contributed by atoms with Crippen LogP contribution in [0.1, 0.15) is 63.0 Å². The second-order valence-corrected chi connectivity index (χ2v) is 13.1. The van der Waals surface area contributed by atoms with Crippen molar-refractivity contribution in [2.45, 2.75) is 68.4 Å². The lowest BCUT2D eigenvalue weighted by atomic mass is 9.47. The quantitative estimate of drug-likeness (QED) is 0.660. The molecule has 1 aromatic rings. The van der Waals surface area contributed by atoms with E-state index in [4.69, 9.17) is 5.14 Å². The van der Waals surface area contributed by atoms with Crippen LogP contribution < -0.4 is 9.86 Å². The molecule has 1 amide bonds. The van der Waals surface area contributed by atoms with Gasteiger partial charge >= 0.3 is 0 Å². The fourth-order valence-corrected chi connectivity index (χ4v) is 9.55. The number of benzene rings is 1. The first-order valence-electron chi connectivity index (χ1n) is 10.7. The highest BCUT2D eigenvalue weighted by atomic mass is 32.2. The van der Waals surface area contributed by atoms with Crippen LogP contribution in [-0.4, -0.2) is 28.0 Å². The molecule has 3 N–H and O–H groups in total. The Morgan fingerprint density at radius 3 is 2.52 bits per heavy atom. The molecular formula is C22H30N2O5S2. The molecule has 0 bridgehead atoms. The molecule has 0 heterocycles. The summed E-state index contributed by atoms with van der Waals surface area (Å²) < 4.78 is 51.5. The maximum atomic E-state index is 12.4. The van der Waals surface area contributed by atoms with E-state index >= 15 is 0 Å². The first kappa shape index (κ1) is 22.5. The van der Waals surface area contributed by atoms with Gasteiger partial charge < -0.3 is 0 Å². The zero-order chi connectivity index (χ0) is 22.8. The number of hydrogen-bond acceptors (Lipinski definition) is 5. The molecule has 5 atom stereocenters. The van der Waals surface area contributed by atoms with Gasteiger partial charge in [0.2, 0.25) is 15.9 Å². The fourth-order valence-electron chi connectivity index (χ4n) is 7.01. The Bertz CT molecular complexity index is 1160. The number of rotatable bonds is 4. The summed E-state index contributed by atoms with van der Waals surface area (Å²) in [5, 5.41) is 5.08. The van der Waals surface area contributed by atoms with Crippen LogP contribution >= 0.6 is 0 Å². The van der Waals surface area contributed by atoms with Crippen LogP contribution in [0.5, 0.6) is 0 Å². The van der Waals surface area contributed by atoms with Gasteiger partial charge in [-0.2, -0.15) is 0 Å². The molecule has 170 valence electrons. The molecule has 7 nitrogen and oxygen atoms in total. The van der Waals surface area contributed by atoms with E-state index in [0.717, 1.165) is 36.8 Å². The van der Waals surface area contributed by atoms with Crippen LogP contribution in [0, 0.1) is 16.7 Å². The lowest BCUT2D eigenvalue weighted by molar-refractivity contribution is -0.117. The Morgan fingerprint density at radius 1 is 1.19 bits per heavy atom. The van der Waals surface area contributed by atoms with Gasteiger partial charge in [0.25, 0.3) is 10.0 Å². The number of sulfonamides is 2. The number of allylic oxidation sites excluding steroid dienone is 1. The zero-order valence-electron chi connectivity index (χ0n) is 17.9. The number of carbonyl (C=O) groups is 1. The van der Waals surface area contributed by atoms with Crippen molar-refractivity contribution in [1.29, 1.82) is 0 Å². The molecule has 2 saturated carbocycles.